The molecule has 2 heterocycles. The zero-order valence-corrected chi connectivity index (χ0v) is 14.2. The Balaban J connectivity index is 1.17. The van der Waals surface area contributed by atoms with Gasteiger partial charge in [0.1, 0.15) is 0 Å². The van der Waals surface area contributed by atoms with Crippen molar-refractivity contribution in [3.8, 4) is 0 Å². The van der Waals surface area contributed by atoms with E-state index >= 15 is 0 Å². The summed E-state index contributed by atoms with van der Waals surface area (Å²) in [7, 11) is 0. The van der Waals surface area contributed by atoms with Crippen LogP contribution in [0, 0.1) is 17.8 Å². The van der Waals surface area contributed by atoms with Crippen LogP contribution in [-0.4, -0.2) is 55.1 Å². The first-order valence-corrected chi connectivity index (χ1v) is 9.48. The van der Waals surface area contributed by atoms with Crippen LogP contribution < -0.4 is 5.32 Å². The molecule has 4 nitrogen and oxygen atoms in total. The van der Waals surface area contributed by atoms with Crippen molar-refractivity contribution in [3.05, 3.63) is 0 Å². The van der Waals surface area contributed by atoms with Gasteiger partial charge in [-0.3, -0.25) is 9.69 Å². The number of nitrogens with one attached hydrogen (secondary N) is 1. The summed E-state index contributed by atoms with van der Waals surface area (Å²) in [5.74, 6) is -1.94. The Bertz CT molecular complexity index is 481. The molecule has 1 N–H and O–H groups in total. The van der Waals surface area contributed by atoms with E-state index in [4.69, 9.17) is 4.74 Å². The summed E-state index contributed by atoms with van der Waals surface area (Å²) in [5.41, 5.74) is -0.00201. The van der Waals surface area contributed by atoms with Crippen molar-refractivity contribution in [3.63, 3.8) is 0 Å². The first-order chi connectivity index (χ1) is 11.5. The molecule has 0 aromatic heterocycles. The third-order valence-corrected chi connectivity index (χ3v) is 6.58. The fraction of sp³-hybridized carbons (Fsp3) is 0.944. The molecular formula is C18H28F2N2O2. The Hall–Kier alpha value is -0.750. The molecule has 1 unspecified atom stereocenters. The van der Waals surface area contributed by atoms with Crippen LogP contribution in [0.5, 0.6) is 0 Å². The summed E-state index contributed by atoms with van der Waals surface area (Å²) >= 11 is 0. The fourth-order valence-corrected chi connectivity index (χ4v) is 4.78. The van der Waals surface area contributed by atoms with E-state index in [1.807, 2.05) is 0 Å². The maximum Gasteiger partial charge on any atom is 0.249 e. The standard InChI is InChI=1S/C18H28F2N2O2/c19-18(20)8-14(9-18)16(23)21-6-4-15-5-7-24-17(15)11-22(12-17)10-13-2-1-3-13/h13-15H,1-12H2,(H,21,23). The smallest absolute Gasteiger partial charge is 0.249 e. The highest BCUT2D eigenvalue weighted by atomic mass is 19.3. The second-order valence-corrected chi connectivity index (χ2v) is 8.41. The van der Waals surface area contributed by atoms with Gasteiger partial charge in [0.25, 0.3) is 0 Å². The molecule has 0 radical (unpaired) electrons. The van der Waals surface area contributed by atoms with Crippen molar-refractivity contribution in [2.24, 2.45) is 17.8 Å². The number of halogens is 2. The quantitative estimate of drug-likeness (QED) is 0.806. The summed E-state index contributed by atoms with van der Waals surface area (Å²) in [4.78, 5) is 14.4. The Morgan fingerprint density at radius 3 is 2.58 bits per heavy atom. The Kier molecular flexibility index (Phi) is 4.32. The maximum atomic E-state index is 12.8. The molecular weight excluding hydrogens is 314 g/mol. The van der Waals surface area contributed by atoms with E-state index in [-0.39, 0.29) is 24.3 Å². The maximum absolute atomic E-state index is 12.8. The number of hydrogen-bond donors (Lipinski definition) is 1. The highest BCUT2D eigenvalue weighted by Crippen LogP contribution is 2.44. The number of amides is 1. The molecule has 1 spiro atoms. The van der Waals surface area contributed by atoms with Gasteiger partial charge in [-0.25, -0.2) is 8.78 Å². The minimum absolute atomic E-state index is 0.00201. The molecule has 2 saturated carbocycles. The van der Waals surface area contributed by atoms with Crippen molar-refractivity contribution < 1.29 is 18.3 Å². The first kappa shape index (κ1) is 16.7. The Labute approximate surface area is 142 Å². The van der Waals surface area contributed by atoms with Gasteiger partial charge in [-0.1, -0.05) is 6.42 Å². The number of ether oxygens (including phenoxy) is 1. The average molecular weight is 342 g/mol. The van der Waals surface area contributed by atoms with E-state index in [0.29, 0.717) is 12.5 Å². The third-order valence-electron chi connectivity index (χ3n) is 6.58. The van der Waals surface area contributed by atoms with Gasteiger partial charge in [0, 0.05) is 51.5 Å². The molecule has 2 saturated heterocycles. The monoisotopic (exact) mass is 342 g/mol. The molecule has 2 aliphatic heterocycles. The molecule has 24 heavy (non-hydrogen) atoms. The molecule has 4 fully saturated rings. The average Bonchev–Trinajstić information content (AvgIpc) is 2.82. The number of carbonyl (C=O) groups excluding carboxylic acids is 1. The Morgan fingerprint density at radius 2 is 1.96 bits per heavy atom. The zero-order valence-electron chi connectivity index (χ0n) is 14.2. The van der Waals surface area contributed by atoms with Gasteiger partial charge in [-0.15, -0.1) is 0 Å². The summed E-state index contributed by atoms with van der Waals surface area (Å²) < 4.78 is 31.7. The molecule has 1 atom stereocenters. The highest BCUT2D eigenvalue weighted by Gasteiger charge is 2.53. The number of alkyl halides is 2. The summed E-state index contributed by atoms with van der Waals surface area (Å²) in [6, 6.07) is 0. The van der Waals surface area contributed by atoms with Gasteiger partial charge in [-0.05, 0) is 37.5 Å². The van der Waals surface area contributed by atoms with Gasteiger partial charge in [0.2, 0.25) is 11.8 Å². The van der Waals surface area contributed by atoms with Crippen molar-refractivity contribution in [2.75, 3.05) is 32.8 Å². The zero-order chi connectivity index (χ0) is 16.8. The normalized spacial score (nSPS) is 32.2. The third kappa shape index (κ3) is 3.19. The fourth-order valence-electron chi connectivity index (χ4n) is 4.78. The summed E-state index contributed by atoms with van der Waals surface area (Å²) in [5, 5.41) is 2.86. The van der Waals surface area contributed by atoms with Gasteiger partial charge >= 0.3 is 0 Å². The SMILES string of the molecule is O=C(NCCC1CCOC12CN(CC1CCC1)C2)C1CC(F)(F)C1. The number of rotatable bonds is 6. The number of likely N-dealkylation sites (tertiary alicyclic amines) is 1. The van der Waals surface area contributed by atoms with Crippen LogP contribution in [0.3, 0.4) is 0 Å². The summed E-state index contributed by atoms with van der Waals surface area (Å²) in [6.45, 7) is 4.66. The van der Waals surface area contributed by atoms with Gasteiger partial charge < -0.3 is 10.1 Å². The van der Waals surface area contributed by atoms with Crippen molar-refractivity contribution in [1.29, 1.82) is 0 Å². The highest BCUT2D eigenvalue weighted by molar-refractivity contribution is 5.79. The molecule has 1 amide bonds. The number of carbonyl (C=O) groups is 1. The largest absolute Gasteiger partial charge is 0.372 e. The molecule has 0 aromatic carbocycles. The van der Waals surface area contributed by atoms with Crippen molar-refractivity contribution >= 4 is 5.91 Å². The first-order valence-electron chi connectivity index (χ1n) is 9.48. The van der Waals surface area contributed by atoms with Crippen LogP contribution in [0.4, 0.5) is 8.78 Å². The topological polar surface area (TPSA) is 41.6 Å². The second kappa shape index (κ2) is 6.20. The van der Waals surface area contributed by atoms with E-state index < -0.39 is 11.8 Å². The van der Waals surface area contributed by atoms with Crippen molar-refractivity contribution in [1.82, 2.24) is 10.2 Å². The van der Waals surface area contributed by atoms with Crippen molar-refractivity contribution in [2.45, 2.75) is 56.5 Å². The molecule has 0 bridgehead atoms. The summed E-state index contributed by atoms with van der Waals surface area (Å²) in [6.07, 6.45) is 5.51. The van der Waals surface area contributed by atoms with E-state index in [1.54, 1.807) is 0 Å². The van der Waals surface area contributed by atoms with Crippen LogP contribution in [0.25, 0.3) is 0 Å². The minimum atomic E-state index is -2.62. The van der Waals surface area contributed by atoms with Crippen LogP contribution >= 0.6 is 0 Å². The molecule has 4 rings (SSSR count). The molecule has 4 aliphatic rings. The Morgan fingerprint density at radius 1 is 1.21 bits per heavy atom. The van der Waals surface area contributed by atoms with E-state index in [0.717, 1.165) is 38.5 Å². The van der Waals surface area contributed by atoms with E-state index in [2.05, 4.69) is 10.2 Å². The lowest BCUT2D eigenvalue weighted by molar-refractivity contribution is -0.151. The lowest BCUT2D eigenvalue weighted by atomic mass is 9.77. The minimum Gasteiger partial charge on any atom is -0.372 e. The second-order valence-electron chi connectivity index (χ2n) is 8.41. The number of nitrogens with zero attached hydrogens (tertiary/aromatic N) is 1. The molecule has 6 heteroatoms. The van der Waals surface area contributed by atoms with Crippen LogP contribution in [0.1, 0.15) is 44.9 Å². The van der Waals surface area contributed by atoms with Gasteiger partial charge in [0.05, 0.1) is 5.60 Å². The molecule has 2 aliphatic carbocycles. The van der Waals surface area contributed by atoms with Crippen LogP contribution in [0.15, 0.2) is 0 Å². The predicted octanol–water partition coefficient (Wildman–Crippen LogP) is 2.43. The predicted molar refractivity (Wildman–Crippen MR) is 85.9 cm³/mol. The lowest BCUT2D eigenvalue weighted by Gasteiger charge is -2.52. The molecule has 136 valence electrons. The van der Waals surface area contributed by atoms with E-state index in [9.17, 15) is 13.6 Å². The van der Waals surface area contributed by atoms with Gasteiger partial charge in [0.15, 0.2) is 0 Å². The van der Waals surface area contributed by atoms with E-state index in [1.165, 1.54) is 25.8 Å². The lowest BCUT2D eigenvalue weighted by Crippen LogP contribution is -2.65. The van der Waals surface area contributed by atoms with Crippen LogP contribution in [-0.2, 0) is 9.53 Å². The molecule has 0 aromatic rings. The van der Waals surface area contributed by atoms with Crippen LogP contribution in [0.2, 0.25) is 0 Å². The van der Waals surface area contributed by atoms with Gasteiger partial charge in [-0.2, -0.15) is 0 Å². The number of hydrogen-bond acceptors (Lipinski definition) is 3.